The van der Waals surface area contributed by atoms with E-state index in [4.69, 9.17) is 27.6 Å². The highest BCUT2D eigenvalue weighted by molar-refractivity contribution is 6.35. The molecule has 1 aromatic heterocycles. The predicted molar refractivity (Wildman–Crippen MR) is 81.8 cm³/mol. The lowest BCUT2D eigenvalue weighted by Gasteiger charge is -2.22. The van der Waals surface area contributed by atoms with E-state index in [0.717, 1.165) is 0 Å². The van der Waals surface area contributed by atoms with Crippen LogP contribution in [0.15, 0.2) is 41.0 Å². The third kappa shape index (κ3) is 4.49. The molecule has 0 aliphatic carbocycles. The molecule has 0 radical (unpaired) electrons. The van der Waals surface area contributed by atoms with E-state index < -0.39 is 5.60 Å². The van der Waals surface area contributed by atoms with Crippen LogP contribution in [-0.4, -0.2) is 23.2 Å². The van der Waals surface area contributed by atoms with Crippen molar-refractivity contribution in [2.45, 2.75) is 18.9 Å². The van der Waals surface area contributed by atoms with Crippen molar-refractivity contribution in [2.75, 3.05) is 6.54 Å². The fourth-order valence-corrected chi connectivity index (χ4v) is 2.26. The number of hydrogen-bond acceptors (Lipinski definition) is 3. The van der Waals surface area contributed by atoms with Crippen molar-refractivity contribution in [1.29, 1.82) is 0 Å². The summed E-state index contributed by atoms with van der Waals surface area (Å²) in [5.41, 5.74) is -0.851. The molecule has 21 heavy (non-hydrogen) atoms. The molecule has 0 aliphatic rings. The van der Waals surface area contributed by atoms with Gasteiger partial charge >= 0.3 is 0 Å². The molecule has 0 aliphatic heterocycles. The summed E-state index contributed by atoms with van der Waals surface area (Å²) in [7, 11) is 0. The zero-order chi connectivity index (χ0) is 15.5. The van der Waals surface area contributed by atoms with Crippen molar-refractivity contribution in [3.8, 4) is 0 Å². The van der Waals surface area contributed by atoms with Crippen LogP contribution >= 0.6 is 23.2 Å². The summed E-state index contributed by atoms with van der Waals surface area (Å²) < 4.78 is 5.18. The molecular weight excluding hydrogens is 313 g/mol. The third-order valence-corrected chi connectivity index (χ3v) is 3.50. The van der Waals surface area contributed by atoms with Gasteiger partial charge in [-0.25, -0.2) is 0 Å². The highest BCUT2D eigenvalue weighted by Gasteiger charge is 2.24. The second-order valence-corrected chi connectivity index (χ2v) is 5.90. The number of rotatable bonds is 5. The summed E-state index contributed by atoms with van der Waals surface area (Å²) in [6.45, 7) is 1.69. The average Bonchev–Trinajstić information content (AvgIpc) is 2.91. The van der Waals surface area contributed by atoms with Crippen LogP contribution in [-0.2, 0) is 6.42 Å². The van der Waals surface area contributed by atoms with Crippen LogP contribution in [0, 0.1) is 0 Å². The Balaban J connectivity index is 1.98. The Bertz CT molecular complexity index is 624. The predicted octanol–water partition coefficient (Wildman–Crippen LogP) is 3.31. The number of hydrogen-bond donors (Lipinski definition) is 2. The number of halogens is 2. The number of aliphatic hydroxyl groups is 1. The Morgan fingerprint density at radius 2 is 2.14 bits per heavy atom. The van der Waals surface area contributed by atoms with Crippen molar-refractivity contribution in [2.24, 2.45) is 0 Å². The first-order valence-corrected chi connectivity index (χ1v) is 7.11. The van der Waals surface area contributed by atoms with Crippen LogP contribution in [0.4, 0.5) is 0 Å². The Morgan fingerprint density at radius 1 is 1.38 bits per heavy atom. The molecule has 0 bridgehead atoms. The summed E-state index contributed by atoms with van der Waals surface area (Å²) in [5, 5.41) is 13.6. The van der Waals surface area contributed by atoms with Crippen molar-refractivity contribution in [3.05, 3.63) is 58.0 Å². The molecule has 2 rings (SSSR count). The minimum absolute atomic E-state index is 0.0649. The first-order chi connectivity index (χ1) is 9.87. The van der Waals surface area contributed by atoms with Crippen LogP contribution in [0.2, 0.25) is 10.0 Å². The lowest BCUT2D eigenvalue weighted by Crippen LogP contribution is -2.42. The molecule has 112 valence electrons. The molecule has 2 aromatic rings. The van der Waals surface area contributed by atoms with Crippen molar-refractivity contribution < 1.29 is 14.3 Å². The van der Waals surface area contributed by atoms with Gasteiger partial charge in [-0.3, -0.25) is 4.79 Å². The van der Waals surface area contributed by atoms with E-state index in [-0.39, 0.29) is 18.0 Å². The van der Waals surface area contributed by atoms with E-state index in [1.807, 2.05) is 0 Å². The summed E-state index contributed by atoms with van der Waals surface area (Å²) in [5.74, 6) is 0.261. The maximum absolute atomic E-state index is 12.1. The fourth-order valence-electron chi connectivity index (χ4n) is 1.89. The molecule has 2 N–H and O–H groups in total. The van der Waals surface area contributed by atoms with E-state index in [1.165, 1.54) is 12.3 Å². The van der Waals surface area contributed by atoms with Crippen molar-refractivity contribution >= 4 is 29.1 Å². The number of nitrogens with one attached hydrogen (secondary N) is 1. The molecule has 1 aromatic carbocycles. The average molecular weight is 328 g/mol. The molecule has 1 atom stereocenters. The van der Waals surface area contributed by atoms with Gasteiger partial charge in [-0.15, -0.1) is 0 Å². The monoisotopic (exact) mass is 327 g/mol. The maximum Gasteiger partial charge on any atom is 0.252 e. The molecular formula is C15H15Cl2NO3. The minimum Gasteiger partial charge on any atom is -0.469 e. The van der Waals surface area contributed by atoms with Gasteiger partial charge in [0.25, 0.3) is 5.91 Å². The SMILES string of the molecule is CC(O)(CNC(=O)c1cc(Cl)ccc1Cl)Cc1ccco1. The van der Waals surface area contributed by atoms with Gasteiger partial charge in [0, 0.05) is 18.0 Å². The molecule has 0 saturated heterocycles. The highest BCUT2D eigenvalue weighted by Crippen LogP contribution is 2.21. The number of carbonyl (C=O) groups excluding carboxylic acids is 1. The van der Waals surface area contributed by atoms with Gasteiger partial charge in [0.05, 0.1) is 22.5 Å². The quantitative estimate of drug-likeness (QED) is 0.885. The van der Waals surface area contributed by atoms with Crippen LogP contribution in [0.1, 0.15) is 23.0 Å². The van der Waals surface area contributed by atoms with Gasteiger partial charge in [0.1, 0.15) is 5.76 Å². The molecule has 0 fully saturated rings. The van der Waals surface area contributed by atoms with E-state index in [1.54, 1.807) is 31.2 Å². The van der Waals surface area contributed by atoms with Crippen molar-refractivity contribution in [3.63, 3.8) is 0 Å². The zero-order valence-electron chi connectivity index (χ0n) is 11.4. The normalized spacial score (nSPS) is 13.7. The van der Waals surface area contributed by atoms with Crippen LogP contribution in [0.25, 0.3) is 0 Å². The Labute approximate surface area is 132 Å². The third-order valence-electron chi connectivity index (χ3n) is 2.94. The number of furan rings is 1. The van der Waals surface area contributed by atoms with Gasteiger partial charge in [0.15, 0.2) is 0 Å². The highest BCUT2D eigenvalue weighted by atomic mass is 35.5. The molecule has 1 unspecified atom stereocenters. The first-order valence-electron chi connectivity index (χ1n) is 6.35. The van der Waals surface area contributed by atoms with Gasteiger partial charge in [0.2, 0.25) is 0 Å². The Morgan fingerprint density at radius 3 is 2.81 bits per heavy atom. The molecule has 1 heterocycles. The molecule has 0 saturated carbocycles. The molecule has 0 spiro atoms. The zero-order valence-corrected chi connectivity index (χ0v) is 12.9. The van der Waals surface area contributed by atoms with Crippen LogP contribution in [0.5, 0.6) is 0 Å². The van der Waals surface area contributed by atoms with Gasteiger partial charge in [-0.05, 0) is 37.3 Å². The summed E-state index contributed by atoms with van der Waals surface area (Å²) in [4.78, 5) is 12.1. The molecule has 4 nitrogen and oxygen atoms in total. The first kappa shape index (κ1) is 15.9. The number of carbonyl (C=O) groups is 1. The fraction of sp³-hybridized carbons (Fsp3) is 0.267. The second-order valence-electron chi connectivity index (χ2n) is 5.06. The van der Waals surface area contributed by atoms with E-state index in [0.29, 0.717) is 22.2 Å². The Kier molecular flexibility index (Phi) is 4.93. The summed E-state index contributed by atoms with van der Waals surface area (Å²) in [6.07, 6.45) is 1.83. The maximum atomic E-state index is 12.1. The largest absolute Gasteiger partial charge is 0.469 e. The smallest absolute Gasteiger partial charge is 0.252 e. The topological polar surface area (TPSA) is 62.5 Å². The van der Waals surface area contributed by atoms with E-state index in [9.17, 15) is 9.90 Å². The minimum atomic E-state index is -1.13. The molecule has 6 heteroatoms. The lowest BCUT2D eigenvalue weighted by atomic mass is 10.0. The van der Waals surface area contributed by atoms with E-state index in [2.05, 4.69) is 5.32 Å². The van der Waals surface area contributed by atoms with Gasteiger partial charge < -0.3 is 14.8 Å². The lowest BCUT2D eigenvalue weighted by molar-refractivity contribution is 0.0510. The van der Waals surface area contributed by atoms with E-state index >= 15 is 0 Å². The standard InChI is InChI=1S/C15H15Cl2NO3/c1-15(20,8-11-3-2-6-21-11)9-18-14(19)12-7-10(16)4-5-13(12)17/h2-7,20H,8-9H2,1H3,(H,18,19). The van der Waals surface area contributed by atoms with Crippen LogP contribution < -0.4 is 5.32 Å². The number of benzene rings is 1. The second kappa shape index (κ2) is 6.52. The Hall–Kier alpha value is -1.49. The molecule has 1 amide bonds. The van der Waals surface area contributed by atoms with Gasteiger partial charge in [-0.2, -0.15) is 0 Å². The van der Waals surface area contributed by atoms with Gasteiger partial charge in [-0.1, -0.05) is 23.2 Å². The number of amides is 1. The summed E-state index contributed by atoms with van der Waals surface area (Å²) in [6, 6.07) is 8.16. The summed E-state index contributed by atoms with van der Waals surface area (Å²) >= 11 is 11.8. The van der Waals surface area contributed by atoms with Crippen LogP contribution in [0.3, 0.4) is 0 Å². The van der Waals surface area contributed by atoms with Crippen molar-refractivity contribution in [1.82, 2.24) is 5.32 Å².